The summed E-state index contributed by atoms with van der Waals surface area (Å²) < 4.78 is 24.2. The van der Waals surface area contributed by atoms with E-state index in [0.29, 0.717) is 11.4 Å². The van der Waals surface area contributed by atoms with Crippen molar-refractivity contribution in [3.63, 3.8) is 0 Å². The fourth-order valence-corrected chi connectivity index (χ4v) is 1.62. The van der Waals surface area contributed by atoms with Crippen molar-refractivity contribution in [2.75, 3.05) is 22.8 Å². The normalized spacial score (nSPS) is 10.7. The third-order valence-corrected chi connectivity index (χ3v) is 2.16. The lowest BCUT2D eigenvalue weighted by Gasteiger charge is -2.06. The van der Waals surface area contributed by atoms with Crippen molar-refractivity contribution in [3.8, 4) is 0 Å². The smallest absolute Gasteiger partial charge is 0.229 e. The maximum atomic E-state index is 10.9. The first-order valence-corrected chi connectivity index (χ1v) is 6.16. The molecule has 0 bridgehead atoms. The third-order valence-electron chi connectivity index (χ3n) is 1.56. The molecular weight excluding hydrogens is 216 g/mol. The molecule has 15 heavy (non-hydrogen) atoms. The summed E-state index contributed by atoms with van der Waals surface area (Å²) in [4.78, 5) is 10.1. The van der Waals surface area contributed by atoms with E-state index in [4.69, 9.17) is 0 Å². The summed E-state index contributed by atoms with van der Waals surface area (Å²) >= 11 is 0. The van der Waals surface area contributed by atoms with E-state index in [-0.39, 0.29) is 6.54 Å². The minimum atomic E-state index is -3.26. The molecule has 5 nitrogen and oxygen atoms in total. The highest BCUT2D eigenvalue weighted by Crippen LogP contribution is 2.15. The van der Waals surface area contributed by atoms with Gasteiger partial charge in [0.15, 0.2) is 0 Å². The van der Waals surface area contributed by atoms with E-state index in [1.54, 1.807) is 24.3 Å². The largest absolute Gasteiger partial charge is 0.378 e. The Hall–Kier alpha value is -1.56. The van der Waals surface area contributed by atoms with Gasteiger partial charge in [-0.05, 0) is 18.2 Å². The molecule has 0 unspecified atom stereocenters. The summed E-state index contributed by atoms with van der Waals surface area (Å²) in [5, 5.41) is 2.82. The van der Waals surface area contributed by atoms with Gasteiger partial charge in [-0.25, -0.2) is 8.42 Å². The van der Waals surface area contributed by atoms with Crippen LogP contribution in [0, 0.1) is 0 Å². The van der Waals surface area contributed by atoms with Crippen LogP contribution in [-0.2, 0) is 14.8 Å². The highest BCUT2D eigenvalue weighted by Gasteiger charge is 2.01. The molecule has 6 heteroatoms. The molecule has 1 rings (SSSR count). The fraction of sp³-hybridized carbons (Fsp3) is 0.222. The minimum absolute atomic E-state index is 0.197. The standard InChI is InChI=1S/C9H12N2O3S/c1-15(13,14)11-9-4-2-3-8(7-9)10-5-6-12/h2-4,6-7,10-11H,5H2,1H3. The van der Waals surface area contributed by atoms with Gasteiger partial charge in [0.1, 0.15) is 6.29 Å². The van der Waals surface area contributed by atoms with Crippen molar-refractivity contribution in [1.29, 1.82) is 0 Å². The summed E-state index contributed by atoms with van der Waals surface area (Å²) in [6.45, 7) is 0.197. The van der Waals surface area contributed by atoms with E-state index < -0.39 is 10.0 Å². The molecule has 0 aliphatic heterocycles. The first-order chi connectivity index (χ1) is 7.01. The van der Waals surface area contributed by atoms with Gasteiger partial charge in [-0.1, -0.05) is 6.07 Å². The molecule has 0 aliphatic carbocycles. The summed E-state index contributed by atoms with van der Waals surface area (Å²) in [5.41, 5.74) is 1.16. The number of hydrogen-bond acceptors (Lipinski definition) is 4. The second-order valence-electron chi connectivity index (χ2n) is 3.00. The molecule has 82 valence electrons. The Morgan fingerprint density at radius 2 is 2.00 bits per heavy atom. The average molecular weight is 228 g/mol. The highest BCUT2D eigenvalue weighted by atomic mass is 32.2. The fourth-order valence-electron chi connectivity index (χ4n) is 1.07. The molecule has 0 aromatic heterocycles. The van der Waals surface area contributed by atoms with Crippen molar-refractivity contribution < 1.29 is 13.2 Å². The first-order valence-electron chi connectivity index (χ1n) is 4.26. The molecule has 0 saturated heterocycles. The van der Waals surface area contributed by atoms with Crippen LogP contribution in [0.4, 0.5) is 11.4 Å². The van der Waals surface area contributed by atoms with Gasteiger partial charge in [0.2, 0.25) is 10.0 Å². The summed E-state index contributed by atoms with van der Waals surface area (Å²) in [6, 6.07) is 6.69. The van der Waals surface area contributed by atoms with Crippen LogP contribution in [0.3, 0.4) is 0 Å². The second kappa shape index (κ2) is 4.79. The zero-order valence-corrected chi connectivity index (χ0v) is 9.04. The molecule has 0 atom stereocenters. The Morgan fingerprint density at radius 3 is 2.60 bits per heavy atom. The number of anilines is 2. The number of aldehydes is 1. The van der Waals surface area contributed by atoms with Crippen LogP contribution in [0.25, 0.3) is 0 Å². The molecule has 0 heterocycles. The Morgan fingerprint density at radius 1 is 1.33 bits per heavy atom. The van der Waals surface area contributed by atoms with Gasteiger partial charge >= 0.3 is 0 Å². The highest BCUT2D eigenvalue weighted by molar-refractivity contribution is 7.92. The van der Waals surface area contributed by atoms with Crippen molar-refractivity contribution in [1.82, 2.24) is 0 Å². The van der Waals surface area contributed by atoms with E-state index >= 15 is 0 Å². The summed E-state index contributed by atoms with van der Waals surface area (Å²) in [7, 11) is -3.26. The number of sulfonamides is 1. The molecule has 2 N–H and O–H groups in total. The Kier molecular flexibility index (Phi) is 3.68. The predicted molar refractivity (Wildman–Crippen MR) is 59.5 cm³/mol. The van der Waals surface area contributed by atoms with Crippen LogP contribution in [0.1, 0.15) is 0 Å². The first kappa shape index (κ1) is 11.5. The SMILES string of the molecule is CS(=O)(=O)Nc1cccc(NCC=O)c1. The van der Waals surface area contributed by atoms with E-state index in [1.165, 1.54) is 0 Å². The van der Waals surface area contributed by atoms with Crippen LogP contribution in [0.15, 0.2) is 24.3 Å². The van der Waals surface area contributed by atoms with Crippen molar-refractivity contribution >= 4 is 27.7 Å². The number of carbonyl (C=O) groups is 1. The molecule has 0 radical (unpaired) electrons. The van der Waals surface area contributed by atoms with Gasteiger partial charge in [-0.3, -0.25) is 4.72 Å². The third kappa shape index (κ3) is 4.46. The van der Waals surface area contributed by atoms with Gasteiger partial charge in [0.05, 0.1) is 18.5 Å². The molecule has 1 aromatic rings. The van der Waals surface area contributed by atoms with Crippen LogP contribution >= 0.6 is 0 Å². The zero-order chi connectivity index (χ0) is 11.3. The van der Waals surface area contributed by atoms with Gasteiger partial charge in [0, 0.05) is 5.69 Å². The second-order valence-corrected chi connectivity index (χ2v) is 4.75. The Balaban J connectivity index is 2.78. The van der Waals surface area contributed by atoms with Gasteiger partial charge in [-0.2, -0.15) is 0 Å². The lowest BCUT2D eigenvalue weighted by molar-refractivity contribution is -0.106. The number of carbonyl (C=O) groups excluding carboxylic acids is 1. The van der Waals surface area contributed by atoms with E-state index in [9.17, 15) is 13.2 Å². The van der Waals surface area contributed by atoms with Crippen molar-refractivity contribution in [2.45, 2.75) is 0 Å². The van der Waals surface area contributed by atoms with Gasteiger partial charge in [0.25, 0.3) is 0 Å². The molecule has 0 fully saturated rings. The van der Waals surface area contributed by atoms with Crippen LogP contribution < -0.4 is 10.0 Å². The average Bonchev–Trinajstić information content (AvgIpc) is 2.12. The number of rotatable bonds is 5. The summed E-state index contributed by atoms with van der Waals surface area (Å²) in [6.07, 6.45) is 1.81. The Bertz CT molecular complexity index is 442. The van der Waals surface area contributed by atoms with Crippen molar-refractivity contribution in [2.24, 2.45) is 0 Å². The van der Waals surface area contributed by atoms with Crippen LogP contribution in [-0.4, -0.2) is 27.5 Å². The lowest BCUT2D eigenvalue weighted by atomic mass is 10.3. The van der Waals surface area contributed by atoms with Crippen molar-refractivity contribution in [3.05, 3.63) is 24.3 Å². The maximum Gasteiger partial charge on any atom is 0.229 e. The topological polar surface area (TPSA) is 75.3 Å². The molecule has 0 amide bonds. The molecular formula is C9H12N2O3S. The lowest BCUT2D eigenvalue weighted by Crippen LogP contribution is -2.10. The number of benzene rings is 1. The molecule has 0 spiro atoms. The number of hydrogen-bond donors (Lipinski definition) is 2. The summed E-state index contributed by atoms with van der Waals surface area (Å²) in [5.74, 6) is 0. The zero-order valence-electron chi connectivity index (χ0n) is 8.23. The predicted octanol–water partition coefficient (Wildman–Crippen LogP) is 0.669. The molecule has 0 saturated carbocycles. The van der Waals surface area contributed by atoms with Crippen LogP contribution in [0.2, 0.25) is 0 Å². The monoisotopic (exact) mass is 228 g/mol. The minimum Gasteiger partial charge on any atom is -0.378 e. The van der Waals surface area contributed by atoms with E-state index in [2.05, 4.69) is 10.0 Å². The van der Waals surface area contributed by atoms with E-state index in [1.807, 2.05) is 0 Å². The molecule has 0 aliphatic rings. The van der Waals surface area contributed by atoms with E-state index in [0.717, 1.165) is 12.5 Å². The van der Waals surface area contributed by atoms with Crippen LogP contribution in [0.5, 0.6) is 0 Å². The number of nitrogens with one attached hydrogen (secondary N) is 2. The van der Waals surface area contributed by atoms with Gasteiger partial charge < -0.3 is 10.1 Å². The quantitative estimate of drug-likeness (QED) is 0.726. The maximum absolute atomic E-state index is 10.9. The molecule has 1 aromatic carbocycles. The van der Waals surface area contributed by atoms with Gasteiger partial charge in [-0.15, -0.1) is 0 Å². The Labute approximate surface area is 88.5 Å².